The monoisotopic (exact) mass is 396 g/mol. The smallest absolute Gasteiger partial charge is 0.146 e. The zero-order valence-electron chi connectivity index (χ0n) is 16.3. The summed E-state index contributed by atoms with van der Waals surface area (Å²) in [7, 11) is 1.62. The summed E-state index contributed by atoms with van der Waals surface area (Å²) >= 11 is 0. The molecule has 0 saturated carbocycles. The minimum absolute atomic E-state index is 0.348. The second-order valence-corrected chi connectivity index (χ2v) is 6.85. The van der Waals surface area contributed by atoms with E-state index in [1.807, 2.05) is 4.68 Å². The van der Waals surface area contributed by atoms with E-state index in [1.54, 1.807) is 31.6 Å². The molecule has 3 N–H and O–H groups in total. The van der Waals surface area contributed by atoms with Crippen LogP contribution < -0.4 is 10.5 Å². The Morgan fingerprint density at radius 2 is 2.21 bits per heavy atom. The predicted molar refractivity (Wildman–Crippen MR) is 110 cm³/mol. The second-order valence-electron chi connectivity index (χ2n) is 6.85. The molecule has 0 bridgehead atoms. The second kappa shape index (κ2) is 8.39. The van der Waals surface area contributed by atoms with Crippen LogP contribution in [-0.2, 0) is 17.8 Å². The third kappa shape index (κ3) is 4.11. The molecule has 152 valence electrons. The molecule has 1 atom stereocenters. The highest BCUT2D eigenvalue weighted by Gasteiger charge is 2.27. The number of aromatic nitrogens is 3. The fourth-order valence-electron chi connectivity index (χ4n) is 3.41. The summed E-state index contributed by atoms with van der Waals surface area (Å²) in [6.07, 6.45) is 3.65. The lowest BCUT2D eigenvalue weighted by Crippen LogP contribution is -2.42. The van der Waals surface area contributed by atoms with Gasteiger partial charge in [-0.2, -0.15) is 5.10 Å². The Kier molecular flexibility index (Phi) is 5.52. The molecule has 1 aromatic heterocycles. The molecule has 4 rings (SSSR count). The summed E-state index contributed by atoms with van der Waals surface area (Å²) in [5.74, 6) is 2.47. The number of hydrogen-bond donors (Lipinski definition) is 2. The van der Waals surface area contributed by atoms with Gasteiger partial charge in [0.1, 0.15) is 42.7 Å². The van der Waals surface area contributed by atoms with Gasteiger partial charge >= 0.3 is 0 Å². The summed E-state index contributed by atoms with van der Waals surface area (Å²) in [5.41, 5.74) is 7.64. The first kappa shape index (κ1) is 19.1. The van der Waals surface area contributed by atoms with Crippen LogP contribution in [0.15, 0.2) is 34.5 Å². The molecule has 0 amide bonds. The lowest BCUT2D eigenvalue weighted by atomic mass is 9.98. The average Bonchev–Trinajstić information content (AvgIpc) is 3.22. The molecule has 2 aromatic rings. The van der Waals surface area contributed by atoms with E-state index in [-0.39, 0.29) is 6.04 Å². The van der Waals surface area contributed by atoms with Crippen molar-refractivity contribution in [3.8, 4) is 5.75 Å². The number of aliphatic imine (C=N–C) groups is 2. The van der Waals surface area contributed by atoms with E-state index in [4.69, 9.17) is 20.6 Å². The Balaban J connectivity index is 1.46. The Bertz CT molecular complexity index is 951. The lowest BCUT2D eigenvalue weighted by Gasteiger charge is -2.31. The number of ether oxygens (including phenoxy) is 2. The predicted octanol–water partition coefficient (Wildman–Crippen LogP) is 0.968. The summed E-state index contributed by atoms with van der Waals surface area (Å²) < 4.78 is 12.6. The highest BCUT2D eigenvalue weighted by molar-refractivity contribution is 6.09. The van der Waals surface area contributed by atoms with E-state index >= 15 is 0 Å². The topological polar surface area (TPSA) is 127 Å². The van der Waals surface area contributed by atoms with Gasteiger partial charge in [-0.15, -0.1) is 0 Å². The Labute approximate surface area is 168 Å². The standard InChI is InChI=1S/C19H24N8O2/c1-28-6-7-29-13-2-3-15(20)14(8-13)19(21)16-9-17(23-11-22-16)26-4-5-27-18(10-26)24-12-25-27/h2-3,8,11-12,16,21H,4-7,9-10,20H2,1H3. The van der Waals surface area contributed by atoms with E-state index in [2.05, 4.69) is 25.0 Å². The molecule has 29 heavy (non-hydrogen) atoms. The van der Waals surface area contributed by atoms with Gasteiger partial charge < -0.3 is 25.5 Å². The van der Waals surface area contributed by atoms with Crippen molar-refractivity contribution in [2.75, 3.05) is 32.6 Å². The molecule has 3 heterocycles. The molecule has 1 aromatic carbocycles. The molecule has 2 aliphatic rings. The quantitative estimate of drug-likeness (QED) is 0.425. The fraction of sp³-hybridized carbons (Fsp3) is 0.421. The Hall–Kier alpha value is -3.27. The van der Waals surface area contributed by atoms with Crippen molar-refractivity contribution in [1.82, 2.24) is 19.7 Å². The highest BCUT2D eigenvalue weighted by Crippen LogP contribution is 2.24. The first-order chi connectivity index (χ1) is 14.2. The number of nitrogen functional groups attached to an aromatic ring is 1. The molecule has 0 saturated heterocycles. The maximum atomic E-state index is 8.70. The maximum Gasteiger partial charge on any atom is 0.146 e. The van der Waals surface area contributed by atoms with Crippen LogP contribution in [0.25, 0.3) is 0 Å². The molecule has 0 radical (unpaired) electrons. The van der Waals surface area contributed by atoms with Crippen molar-refractivity contribution >= 4 is 23.6 Å². The van der Waals surface area contributed by atoms with Gasteiger partial charge in [-0.25, -0.2) is 14.7 Å². The molecular formula is C19H24N8O2. The van der Waals surface area contributed by atoms with Crippen LogP contribution in [0.3, 0.4) is 0 Å². The van der Waals surface area contributed by atoms with Crippen LogP contribution in [0.1, 0.15) is 17.8 Å². The Morgan fingerprint density at radius 1 is 1.31 bits per heavy atom. The number of hydrogen-bond acceptors (Lipinski definition) is 9. The van der Waals surface area contributed by atoms with Gasteiger partial charge in [0.2, 0.25) is 0 Å². The molecule has 1 unspecified atom stereocenters. The minimum Gasteiger partial charge on any atom is -0.491 e. The normalized spacial score (nSPS) is 18.3. The summed E-state index contributed by atoms with van der Waals surface area (Å²) in [6, 6.07) is 4.99. The van der Waals surface area contributed by atoms with Gasteiger partial charge in [0.25, 0.3) is 0 Å². The summed E-state index contributed by atoms with van der Waals surface area (Å²) in [6.45, 7) is 3.14. The van der Waals surface area contributed by atoms with Gasteiger partial charge in [-0.05, 0) is 18.2 Å². The number of nitrogens with one attached hydrogen (secondary N) is 1. The van der Waals surface area contributed by atoms with Crippen LogP contribution in [-0.4, -0.2) is 70.5 Å². The van der Waals surface area contributed by atoms with Crippen LogP contribution in [0.2, 0.25) is 0 Å². The first-order valence-corrected chi connectivity index (χ1v) is 9.45. The number of benzene rings is 1. The molecule has 10 nitrogen and oxygen atoms in total. The van der Waals surface area contributed by atoms with Gasteiger partial charge in [-0.1, -0.05) is 0 Å². The maximum absolute atomic E-state index is 8.70. The van der Waals surface area contributed by atoms with Gasteiger partial charge in [0, 0.05) is 31.3 Å². The number of nitrogens with two attached hydrogens (primary N) is 1. The number of nitrogens with zero attached hydrogens (tertiary/aromatic N) is 6. The van der Waals surface area contributed by atoms with Crippen LogP contribution in [0.4, 0.5) is 5.69 Å². The zero-order valence-corrected chi connectivity index (χ0v) is 16.3. The average molecular weight is 396 g/mol. The summed E-state index contributed by atoms with van der Waals surface area (Å²) in [5, 5.41) is 12.9. The summed E-state index contributed by atoms with van der Waals surface area (Å²) in [4.78, 5) is 15.3. The molecule has 0 fully saturated rings. The molecule has 2 aliphatic heterocycles. The van der Waals surface area contributed by atoms with Crippen molar-refractivity contribution in [1.29, 1.82) is 5.41 Å². The number of fused-ring (bicyclic) bond motifs is 1. The van der Waals surface area contributed by atoms with Gasteiger partial charge in [0.15, 0.2) is 0 Å². The number of amidine groups is 1. The largest absolute Gasteiger partial charge is 0.491 e. The van der Waals surface area contributed by atoms with E-state index in [9.17, 15) is 0 Å². The third-order valence-corrected chi connectivity index (χ3v) is 5.01. The fourth-order valence-corrected chi connectivity index (χ4v) is 3.41. The van der Waals surface area contributed by atoms with Crippen molar-refractivity contribution < 1.29 is 9.47 Å². The van der Waals surface area contributed by atoms with Crippen molar-refractivity contribution in [2.45, 2.75) is 25.6 Å². The van der Waals surface area contributed by atoms with Crippen LogP contribution in [0.5, 0.6) is 5.75 Å². The van der Waals surface area contributed by atoms with Crippen molar-refractivity contribution in [3.05, 3.63) is 35.9 Å². The van der Waals surface area contributed by atoms with Gasteiger partial charge in [-0.3, -0.25) is 4.99 Å². The zero-order chi connectivity index (χ0) is 20.2. The highest BCUT2D eigenvalue weighted by atomic mass is 16.5. The van der Waals surface area contributed by atoms with E-state index in [0.717, 1.165) is 24.7 Å². The van der Waals surface area contributed by atoms with Crippen molar-refractivity contribution in [3.63, 3.8) is 0 Å². The minimum atomic E-state index is -0.348. The van der Waals surface area contributed by atoms with E-state index in [1.165, 1.54) is 6.34 Å². The van der Waals surface area contributed by atoms with E-state index in [0.29, 0.717) is 48.9 Å². The van der Waals surface area contributed by atoms with E-state index < -0.39 is 0 Å². The molecule has 0 spiro atoms. The van der Waals surface area contributed by atoms with Gasteiger partial charge in [0.05, 0.1) is 25.4 Å². The Morgan fingerprint density at radius 3 is 3.07 bits per heavy atom. The SMILES string of the molecule is COCCOc1ccc(N)c(C(=N)C2CC(N3CCn4ncnc4C3)=NC=N2)c1. The molecular weight excluding hydrogens is 372 g/mol. The molecule has 0 aliphatic carbocycles. The van der Waals surface area contributed by atoms with Crippen molar-refractivity contribution in [2.24, 2.45) is 9.98 Å². The molecule has 10 heteroatoms. The number of anilines is 1. The number of rotatable bonds is 6. The van der Waals surface area contributed by atoms with Crippen LogP contribution in [0, 0.1) is 5.41 Å². The third-order valence-electron chi connectivity index (χ3n) is 5.01. The lowest BCUT2D eigenvalue weighted by molar-refractivity contribution is 0.146. The first-order valence-electron chi connectivity index (χ1n) is 9.45. The van der Waals surface area contributed by atoms with Crippen LogP contribution >= 0.6 is 0 Å². The number of methoxy groups -OCH3 is 1.